The van der Waals surface area contributed by atoms with Gasteiger partial charge in [-0.05, 0) is 41.5 Å². The smallest absolute Gasteiger partial charge is 0.346 e. The summed E-state index contributed by atoms with van der Waals surface area (Å²) in [7, 11) is 0. The van der Waals surface area contributed by atoms with E-state index in [9.17, 15) is 22.4 Å². The fourth-order valence-electron chi connectivity index (χ4n) is 2.28. The van der Waals surface area contributed by atoms with E-state index in [0.29, 0.717) is 5.56 Å². The summed E-state index contributed by atoms with van der Waals surface area (Å²) in [6, 6.07) is 10.3. The van der Waals surface area contributed by atoms with Crippen LogP contribution < -0.4 is 5.32 Å². The number of hydrogen-bond acceptors (Lipinski definition) is 4. The molecular weight excluding hydrogens is 430 g/mol. The summed E-state index contributed by atoms with van der Waals surface area (Å²) in [6.07, 6.45) is -3.15. The number of halogens is 5. The number of nitrogens with one attached hydrogen (secondary N) is 1. The summed E-state index contributed by atoms with van der Waals surface area (Å²) in [4.78, 5) is 12.2. The molecule has 0 saturated heterocycles. The van der Waals surface area contributed by atoms with Crippen LogP contribution >= 0.6 is 22.9 Å². The number of carbonyl (C=O) groups excluding carboxylic acids is 1. The zero-order valence-electron chi connectivity index (χ0n) is 14.5. The number of rotatable bonds is 5. The third-order valence-corrected chi connectivity index (χ3v) is 5.05. The topological polar surface area (TPSA) is 54.9 Å². The van der Waals surface area contributed by atoms with E-state index in [1.165, 1.54) is 42.5 Å². The molecule has 3 aromatic rings. The van der Waals surface area contributed by atoms with Gasteiger partial charge in [0.05, 0.1) is 10.6 Å². The van der Waals surface area contributed by atoms with Crippen LogP contribution in [0.25, 0.3) is 11.1 Å². The molecule has 29 heavy (non-hydrogen) atoms. The molecule has 1 heterocycles. The predicted octanol–water partition coefficient (Wildman–Crippen LogP) is 5.36. The minimum absolute atomic E-state index is 0.0395. The van der Waals surface area contributed by atoms with Crippen molar-refractivity contribution in [1.29, 1.82) is 0 Å². The normalized spacial score (nSPS) is 12.1. The lowest BCUT2D eigenvalue weighted by atomic mass is 10.1. The summed E-state index contributed by atoms with van der Waals surface area (Å²) in [5, 5.41) is 10.5. The van der Waals surface area contributed by atoms with Crippen molar-refractivity contribution in [2.24, 2.45) is 0 Å². The molecule has 0 fully saturated rings. The first-order chi connectivity index (χ1) is 13.7. The van der Waals surface area contributed by atoms with Gasteiger partial charge in [0, 0.05) is 6.54 Å². The van der Waals surface area contributed by atoms with Gasteiger partial charge >= 0.3 is 6.18 Å². The van der Waals surface area contributed by atoms with E-state index in [1.807, 2.05) is 0 Å². The molecule has 0 aliphatic carbocycles. The first-order valence-electron chi connectivity index (χ1n) is 8.13. The lowest BCUT2D eigenvalue weighted by Crippen LogP contribution is -2.22. The van der Waals surface area contributed by atoms with Gasteiger partial charge in [0.25, 0.3) is 5.91 Å². The maximum atomic E-state index is 12.9. The Balaban J connectivity index is 1.69. The van der Waals surface area contributed by atoms with Gasteiger partial charge in [0.15, 0.2) is 5.01 Å². The summed E-state index contributed by atoms with van der Waals surface area (Å²) < 4.78 is 51.3. The molecule has 1 aromatic heterocycles. The first kappa shape index (κ1) is 20.9. The van der Waals surface area contributed by atoms with Crippen molar-refractivity contribution >= 4 is 40.0 Å². The number of amides is 1. The second-order valence-electron chi connectivity index (χ2n) is 5.84. The number of alkyl halides is 3. The second kappa shape index (κ2) is 8.71. The largest absolute Gasteiger partial charge is 0.416 e. The summed E-state index contributed by atoms with van der Waals surface area (Å²) in [5.74, 6) is -0.877. The molecule has 0 radical (unpaired) electrons. The first-order valence-corrected chi connectivity index (χ1v) is 9.33. The minimum atomic E-state index is -4.46. The Morgan fingerprint density at radius 1 is 1.10 bits per heavy atom. The van der Waals surface area contributed by atoms with Crippen LogP contribution in [0.15, 0.2) is 48.5 Å². The number of benzene rings is 2. The lowest BCUT2D eigenvalue weighted by molar-refractivity contribution is -0.137. The van der Waals surface area contributed by atoms with Crippen molar-refractivity contribution in [2.45, 2.75) is 12.7 Å². The van der Waals surface area contributed by atoms with E-state index >= 15 is 0 Å². The van der Waals surface area contributed by atoms with Crippen molar-refractivity contribution in [3.05, 3.63) is 81.1 Å². The van der Waals surface area contributed by atoms with E-state index in [2.05, 4.69) is 15.5 Å². The van der Waals surface area contributed by atoms with Crippen LogP contribution in [-0.4, -0.2) is 16.1 Å². The Labute approximate surface area is 171 Å². The van der Waals surface area contributed by atoms with Crippen molar-refractivity contribution < 1.29 is 22.4 Å². The summed E-state index contributed by atoms with van der Waals surface area (Å²) >= 11 is 7.03. The molecule has 10 heteroatoms. The van der Waals surface area contributed by atoms with Gasteiger partial charge in [-0.15, -0.1) is 10.2 Å². The fourth-order valence-corrected chi connectivity index (χ4v) is 3.23. The molecule has 1 N–H and O–H groups in total. The monoisotopic (exact) mass is 441 g/mol. The quantitative estimate of drug-likeness (QED) is 0.542. The highest BCUT2D eigenvalue weighted by atomic mass is 35.5. The van der Waals surface area contributed by atoms with Crippen LogP contribution in [0.3, 0.4) is 0 Å². The van der Waals surface area contributed by atoms with E-state index in [0.717, 1.165) is 23.5 Å². The molecule has 0 saturated carbocycles. The molecular formula is C19H12ClF4N3OS. The van der Waals surface area contributed by atoms with Gasteiger partial charge in [0.1, 0.15) is 5.82 Å². The number of hydrogen-bond donors (Lipinski definition) is 1. The fraction of sp³-hybridized carbons (Fsp3) is 0.105. The van der Waals surface area contributed by atoms with Gasteiger partial charge < -0.3 is 5.32 Å². The Morgan fingerprint density at radius 2 is 1.79 bits per heavy atom. The van der Waals surface area contributed by atoms with E-state index in [4.69, 9.17) is 11.6 Å². The van der Waals surface area contributed by atoms with Crippen LogP contribution in [0, 0.1) is 5.82 Å². The third kappa shape index (κ3) is 5.61. The van der Waals surface area contributed by atoms with Crippen LogP contribution in [0.4, 0.5) is 17.6 Å². The SMILES string of the molecule is O=C(NCc1ccc(F)cc1)c1nnc(/C(Cl)=C/c2cccc(C(F)(F)F)c2)s1. The summed E-state index contributed by atoms with van der Waals surface area (Å²) in [5.41, 5.74) is 0.142. The average Bonchev–Trinajstić information content (AvgIpc) is 3.17. The van der Waals surface area contributed by atoms with Gasteiger partial charge in [-0.2, -0.15) is 13.2 Å². The molecule has 1 amide bonds. The second-order valence-corrected chi connectivity index (χ2v) is 7.22. The van der Waals surface area contributed by atoms with Gasteiger partial charge in [-0.3, -0.25) is 4.79 Å². The minimum Gasteiger partial charge on any atom is -0.346 e. The molecule has 0 spiro atoms. The molecule has 4 nitrogen and oxygen atoms in total. The van der Waals surface area contributed by atoms with E-state index < -0.39 is 17.6 Å². The molecule has 0 aliphatic rings. The number of carbonyl (C=O) groups is 1. The number of aromatic nitrogens is 2. The molecule has 0 unspecified atom stereocenters. The van der Waals surface area contributed by atoms with Crippen LogP contribution in [0.2, 0.25) is 0 Å². The van der Waals surface area contributed by atoms with Crippen molar-refractivity contribution in [1.82, 2.24) is 15.5 Å². The van der Waals surface area contributed by atoms with Gasteiger partial charge in [-0.1, -0.05) is 47.2 Å². The van der Waals surface area contributed by atoms with Crippen LogP contribution in [-0.2, 0) is 12.7 Å². The molecule has 0 bridgehead atoms. The molecule has 0 atom stereocenters. The maximum Gasteiger partial charge on any atom is 0.416 e. The molecule has 3 rings (SSSR count). The maximum absolute atomic E-state index is 12.9. The summed E-state index contributed by atoms with van der Waals surface area (Å²) in [6.45, 7) is 0.168. The highest BCUT2D eigenvalue weighted by molar-refractivity contribution is 7.15. The average molecular weight is 442 g/mol. The Kier molecular flexibility index (Phi) is 6.29. The molecule has 150 valence electrons. The Morgan fingerprint density at radius 3 is 2.48 bits per heavy atom. The Bertz CT molecular complexity index is 1050. The van der Waals surface area contributed by atoms with Crippen LogP contribution in [0.5, 0.6) is 0 Å². The Hall–Kier alpha value is -2.78. The zero-order chi connectivity index (χ0) is 21.0. The van der Waals surface area contributed by atoms with Crippen LogP contribution in [0.1, 0.15) is 31.5 Å². The van der Waals surface area contributed by atoms with E-state index in [1.54, 1.807) is 0 Å². The lowest BCUT2D eigenvalue weighted by Gasteiger charge is -2.06. The highest BCUT2D eigenvalue weighted by Gasteiger charge is 2.30. The van der Waals surface area contributed by atoms with E-state index in [-0.39, 0.29) is 33.0 Å². The standard InChI is InChI=1S/C19H12ClF4N3OS/c20-15(9-12-2-1-3-13(8-12)19(22,23)24)17-26-27-18(29-17)16(28)25-10-11-4-6-14(21)7-5-11/h1-9H,10H2,(H,25,28)/b15-9-. The zero-order valence-corrected chi connectivity index (χ0v) is 16.1. The molecule has 2 aromatic carbocycles. The predicted molar refractivity (Wildman–Crippen MR) is 103 cm³/mol. The van der Waals surface area contributed by atoms with Crippen molar-refractivity contribution in [3.8, 4) is 0 Å². The highest BCUT2D eigenvalue weighted by Crippen LogP contribution is 2.31. The van der Waals surface area contributed by atoms with Crippen molar-refractivity contribution in [3.63, 3.8) is 0 Å². The van der Waals surface area contributed by atoms with Crippen molar-refractivity contribution in [2.75, 3.05) is 0 Å². The molecule has 0 aliphatic heterocycles. The number of nitrogens with zero attached hydrogens (tertiary/aromatic N) is 2. The van der Waals surface area contributed by atoms with Gasteiger partial charge in [-0.25, -0.2) is 4.39 Å². The van der Waals surface area contributed by atoms with Gasteiger partial charge in [0.2, 0.25) is 5.01 Å². The third-order valence-electron chi connectivity index (χ3n) is 3.70.